The number of anilines is 2. The van der Waals surface area contributed by atoms with Gasteiger partial charge < -0.3 is 24.3 Å². The Morgan fingerprint density at radius 2 is 1.63 bits per heavy atom. The van der Waals surface area contributed by atoms with Crippen LogP contribution in [0.15, 0.2) is 42.5 Å². The summed E-state index contributed by atoms with van der Waals surface area (Å²) in [6.07, 6.45) is -4.70. The second-order valence-electron chi connectivity index (χ2n) is 9.85. The average Bonchev–Trinajstić information content (AvgIpc) is 2.91. The second-order valence-corrected chi connectivity index (χ2v) is 9.85. The predicted molar refractivity (Wildman–Crippen MR) is 134 cm³/mol. The molecule has 3 aliphatic heterocycles. The molecule has 2 aromatic carbocycles. The lowest BCUT2D eigenvalue weighted by Gasteiger charge is -2.50. The molecule has 2 amide bonds. The maximum Gasteiger partial charge on any atom is 0.416 e. The van der Waals surface area contributed by atoms with Crippen molar-refractivity contribution in [2.75, 3.05) is 62.2 Å². The fourth-order valence-corrected chi connectivity index (χ4v) is 5.73. The lowest BCUT2D eigenvalue weighted by Crippen LogP contribution is -2.62. The summed E-state index contributed by atoms with van der Waals surface area (Å²) in [5, 5.41) is 0. The molecule has 0 aromatic heterocycles. The molecule has 2 atom stereocenters. The van der Waals surface area contributed by atoms with E-state index in [0.29, 0.717) is 51.4 Å². The number of alkyl halides is 3. The van der Waals surface area contributed by atoms with Crippen molar-refractivity contribution in [1.82, 2.24) is 9.80 Å². The number of carbonyl (C=O) groups excluding carboxylic acids is 2. The van der Waals surface area contributed by atoms with E-state index in [1.165, 1.54) is 18.2 Å². The first-order valence-electron chi connectivity index (χ1n) is 12.8. The topological polar surface area (TPSA) is 56.3 Å². The van der Waals surface area contributed by atoms with Crippen LogP contribution in [0, 0.1) is 11.7 Å². The van der Waals surface area contributed by atoms with Crippen LogP contribution in [0.1, 0.15) is 18.1 Å². The number of nitrogens with zero attached hydrogens (tertiary/aromatic N) is 4. The molecule has 2 unspecified atom stereocenters. The quantitative estimate of drug-likeness (QED) is 0.557. The minimum absolute atomic E-state index is 0.132. The molecule has 204 valence electrons. The van der Waals surface area contributed by atoms with Gasteiger partial charge in [-0.15, -0.1) is 0 Å². The van der Waals surface area contributed by atoms with Crippen LogP contribution in [0.5, 0.6) is 0 Å². The maximum absolute atomic E-state index is 13.9. The van der Waals surface area contributed by atoms with Gasteiger partial charge in [-0.3, -0.25) is 4.79 Å². The lowest BCUT2D eigenvalue weighted by molar-refractivity contribution is -0.138. The summed E-state index contributed by atoms with van der Waals surface area (Å²) in [4.78, 5) is 33.3. The van der Waals surface area contributed by atoms with E-state index >= 15 is 0 Å². The van der Waals surface area contributed by atoms with Gasteiger partial charge in [0, 0.05) is 57.2 Å². The fourth-order valence-electron chi connectivity index (χ4n) is 5.73. The van der Waals surface area contributed by atoms with Gasteiger partial charge in [0.05, 0.1) is 24.1 Å². The highest BCUT2D eigenvalue weighted by atomic mass is 19.4. The van der Waals surface area contributed by atoms with Crippen LogP contribution in [0.25, 0.3) is 0 Å². The smallest absolute Gasteiger partial charge is 0.416 e. The number of piperazine rings is 2. The number of rotatable bonds is 3. The second kappa shape index (κ2) is 10.3. The zero-order valence-corrected chi connectivity index (χ0v) is 21.1. The van der Waals surface area contributed by atoms with Crippen LogP contribution < -0.4 is 9.80 Å². The number of amides is 2. The van der Waals surface area contributed by atoms with Gasteiger partial charge in [0.1, 0.15) is 5.82 Å². The van der Waals surface area contributed by atoms with Crippen LogP contribution in [0.4, 0.5) is 33.7 Å². The fraction of sp³-hybridized carbons (Fsp3) is 0.481. The number of fused-ring (bicyclic) bond motifs is 3. The van der Waals surface area contributed by atoms with Gasteiger partial charge in [0.2, 0.25) is 5.91 Å². The minimum atomic E-state index is -4.48. The van der Waals surface area contributed by atoms with E-state index in [0.717, 1.165) is 23.5 Å². The summed E-state index contributed by atoms with van der Waals surface area (Å²) < 4.78 is 59.1. The summed E-state index contributed by atoms with van der Waals surface area (Å²) >= 11 is 0. The van der Waals surface area contributed by atoms with Crippen molar-refractivity contribution in [2.45, 2.75) is 25.6 Å². The van der Waals surface area contributed by atoms with E-state index in [9.17, 15) is 27.2 Å². The molecular formula is C27H30F4N4O3. The first-order valence-corrected chi connectivity index (χ1v) is 12.8. The number of hydrogen-bond donors (Lipinski definition) is 0. The third-order valence-electron chi connectivity index (χ3n) is 7.67. The summed E-state index contributed by atoms with van der Waals surface area (Å²) in [5.74, 6) is -1.04. The average molecular weight is 535 g/mol. The molecule has 7 nitrogen and oxygen atoms in total. The largest absolute Gasteiger partial charge is 0.450 e. The highest BCUT2D eigenvalue weighted by Gasteiger charge is 2.44. The van der Waals surface area contributed by atoms with Gasteiger partial charge in [-0.05, 0) is 61.4 Å². The molecule has 3 heterocycles. The Balaban J connectivity index is 1.41. The van der Waals surface area contributed by atoms with Gasteiger partial charge in [-0.25, -0.2) is 9.18 Å². The molecule has 5 rings (SSSR count). The Bertz CT molecular complexity index is 1180. The van der Waals surface area contributed by atoms with Crippen LogP contribution >= 0.6 is 0 Å². The summed E-state index contributed by atoms with van der Waals surface area (Å²) in [7, 11) is 0. The van der Waals surface area contributed by atoms with E-state index in [2.05, 4.69) is 9.80 Å². The Hall–Kier alpha value is -3.50. The van der Waals surface area contributed by atoms with E-state index in [-0.39, 0.29) is 30.8 Å². The third kappa shape index (κ3) is 5.10. The van der Waals surface area contributed by atoms with Gasteiger partial charge in [0.25, 0.3) is 0 Å². The first kappa shape index (κ1) is 26.1. The molecular weight excluding hydrogens is 504 g/mol. The number of halogens is 4. The predicted octanol–water partition coefficient (Wildman–Crippen LogP) is 4.01. The van der Waals surface area contributed by atoms with Gasteiger partial charge in [0.15, 0.2) is 0 Å². The highest BCUT2D eigenvalue weighted by Crippen LogP contribution is 2.40. The Labute approximate surface area is 218 Å². The molecule has 0 bridgehead atoms. The Kier molecular flexibility index (Phi) is 7.11. The van der Waals surface area contributed by atoms with Crippen LogP contribution in [0.2, 0.25) is 0 Å². The molecule has 0 spiro atoms. The van der Waals surface area contributed by atoms with Crippen molar-refractivity contribution >= 4 is 23.4 Å². The van der Waals surface area contributed by atoms with E-state index < -0.39 is 23.8 Å². The van der Waals surface area contributed by atoms with E-state index in [1.807, 2.05) is 0 Å². The third-order valence-corrected chi connectivity index (χ3v) is 7.67. The van der Waals surface area contributed by atoms with Crippen molar-refractivity contribution in [3.63, 3.8) is 0 Å². The standard InChI is InChI=1S/C27H30F4N4O3/c1-2-38-26(37)33-11-9-32(10-12-33)25(36)22-16-18-15-19(27(29,30)31)3-8-23(18)35-14-13-34(17-24(22)35)21-6-4-20(28)5-7-21/h3-8,15,22,24H,2,9-14,16-17H2,1H3. The minimum Gasteiger partial charge on any atom is -0.450 e. The molecule has 38 heavy (non-hydrogen) atoms. The zero-order chi connectivity index (χ0) is 27.0. The Morgan fingerprint density at radius 1 is 0.947 bits per heavy atom. The highest BCUT2D eigenvalue weighted by molar-refractivity contribution is 5.83. The Morgan fingerprint density at radius 3 is 2.29 bits per heavy atom. The summed E-state index contributed by atoms with van der Waals surface area (Å²) in [6, 6.07) is 9.68. The van der Waals surface area contributed by atoms with Gasteiger partial charge >= 0.3 is 12.3 Å². The summed E-state index contributed by atoms with van der Waals surface area (Å²) in [6.45, 7) is 4.91. The number of carbonyl (C=O) groups is 2. The summed E-state index contributed by atoms with van der Waals surface area (Å²) in [5.41, 5.74) is 1.33. The molecule has 2 aromatic rings. The van der Waals surface area contributed by atoms with Gasteiger partial charge in [-0.1, -0.05) is 0 Å². The molecule has 0 N–H and O–H groups in total. The number of hydrogen-bond acceptors (Lipinski definition) is 5. The number of ether oxygens (including phenoxy) is 1. The van der Waals surface area contributed by atoms with E-state index in [4.69, 9.17) is 4.74 Å². The molecule has 11 heteroatoms. The van der Waals surface area contributed by atoms with Crippen molar-refractivity contribution in [2.24, 2.45) is 5.92 Å². The molecule has 2 saturated heterocycles. The van der Waals surface area contributed by atoms with E-state index in [1.54, 1.807) is 28.9 Å². The lowest BCUT2D eigenvalue weighted by atomic mass is 9.82. The van der Waals surface area contributed by atoms with Crippen molar-refractivity contribution < 1.29 is 31.9 Å². The normalized spacial score (nSPS) is 21.6. The zero-order valence-electron chi connectivity index (χ0n) is 21.1. The van der Waals surface area contributed by atoms with Crippen molar-refractivity contribution in [1.29, 1.82) is 0 Å². The van der Waals surface area contributed by atoms with Crippen LogP contribution in [-0.4, -0.2) is 80.3 Å². The maximum atomic E-state index is 13.9. The van der Waals surface area contributed by atoms with Crippen molar-refractivity contribution in [3.8, 4) is 0 Å². The van der Waals surface area contributed by atoms with Gasteiger partial charge in [-0.2, -0.15) is 13.2 Å². The molecule has 3 aliphatic rings. The molecule has 0 radical (unpaired) electrons. The molecule has 0 saturated carbocycles. The number of benzene rings is 2. The molecule has 0 aliphatic carbocycles. The first-order chi connectivity index (χ1) is 18.2. The van der Waals surface area contributed by atoms with Crippen molar-refractivity contribution in [3.05, 3.63) is 59.4 Å². The molecule has 2 fully saturated rings. The monoisotopic (exact) mass is 534 g/mol. The van der Waals surface area contributed by atoms with Crippen LogP contribution in [-0.2, 0) is 22.1 Å². The van der Waals surface area contributed by atoms with Crippen LogP contribution in [0.3, 0.4) is 0 Å². The SMILES string of the molecule is CCOC(=O)N1CCN(C(=O)C2Cc3cc(C(F)(F)F)ccc3N3CCN(c4ccc(F)cc4)CC23)CC1.